The first kappa shape index (κ1) is 20.0. The van der Waals surface area contributed by atoms with Crippen LogP contribution >= 0.6 is 22.6 Å². The summed E-state index contributed by atoms with van der Waals surface area (Å²) in [4.78, 5) is 13.5. The molecule has 0 N–H and O–H groups in total. The number of aryl methyl sites for hydroxylation is 1. The molecule has 1 aliphatic rings. The maximum absolute atomic E-state index is 6.26. The number of rotatable bonds is 5. The third-order valence-corrected chi connectivity index (χ3v) is 5.90. The van der Waals surface area contributed by atoms with E-state index in [1.165, 1.54) is 0 Å². The number of aromatic nitrogens is 4. The standard InChI is InChI=1S/C23H21IN4O3/c1-3-17-5-4-15(9-25-17)21-12-30-20-7-14(6-19(29-2)22(20)31-21)11-28-13-27-18-8-16(24)10-26-23(18)28/h4-10,13,21H,3,11-12H2,1-2H3. The van der Waals surface area contributed by atoms with Gasteiger partial charge in [-0.3, -0.25) is 4.98 Å². The zero-order valence-electron chi connectivity index (χ0n) is 17.2. The second-order valence-corrected chi connectivity index (χ2v) is 8.59. The van der Waals surface area contributed by atoms with Gasteiger partial charge in [-0.1, -0.05) is 13.0 Å². The number of hydrogen-bond donors (Lipinski definition) is 0. The minimum atomic E-state index is -0.227. The molecule has 0 amide bonds. The van der Waals surface area contributed by atoms with Crippen molar-refractivity contribution in [2.24, 2.45) is 0 Å². The van der Waals surface area contributed by atoms with E-state index in [9.17, 15) is 0 Å². The topological polar surface area (TPSA) is 71.3 Å². The molecule has 4 aromatic rings. The predicted octanol–water partition coefficient (Wildman–Crippen LogP) is 4.56. The van der Waals surface area contributed by atoms with Gasteiger partial charge in [0, 0.05) is 27.2 Å². The van der Waals surface area contributed by atoms with E-state index in [2.05, 4.69) is 44.5 Å². The summed E-state index contributed by atoms with van der Waals surface area (Å²) < 4.78 is 21.1. The summed E-state index contributed by atoms with van der Waals surface area (Å²) in [6.07, 6.45) is 6.18. The maximum Gasteiger partial charge on any atom is 0.204 e. The van der Waals surface area contributed by atoms with Crippen LogP contribution in [0.3, 0.4) is 0 Å². The number of nitrogens with zero attached hydrogens (tertiary/aromatic N) is 4. The van der Waals surface area contributed by atoms with Crippen molar-refractivity contribution < 1.29 is 14.2 Å². The molecule has 0 bridgehead atoms. The normalized spacial score (nSPS) is 15.3. The third-order valence-electron chi connectivity index (χ3n) is 5.31. The van der Waals surface area contributed by atoms with Crippen molar-refractivity contribution in [2.45, 2.75) is 26.0 Å². The number of hydrogen-bond acceptors (Lipinski definition) is 6. The fraction of sp³-hybridized carbons (Fsp3) is 0.261. The molecule has 158 valence electrons. The highest BCUT2D eigenvalue weighted by molar-refractivity contribution is 14.1. The molecule has 0 spiro atoms. The molecule has 3 aromatic heterocycles. The van der Waals surface area contributed by atoms with Crippen LogP contribution < -0.4 is 14.2 Å². The Kier molecular flexibility index (Phi) is 5.39. The highest BCUT2D eigenvalue weighted by atomic mass is 127. The van der Waals surface area contributed by atoms with E-state index in [-0.39, 0.29) is 6.10 Å². The second-order valence-electron chi connectivity index (χ2n) is 7.35. The lowest BCUT2D eigenvalue weighted by Gasteiger charge is -2.28. The van der Waals surface area contributed by atoms with Crippen molar-refractivity contribution in [3.63, 3.8) is 0 Å². The van der Waals surface area contributed by atoms with Crippen LogP contribution in [0.15, 0.2) is 49.1 Å². The quantitative estimate of drug-likeness (QED) is 0.354. The molecule has 1 atom stereocenters. The van der Waals surface area contributed by atoms with Crippen LogP contribution in [0, 0.1) is 3.57 Å². The molecule has 0 radical (unpaired) electrons. The first-order valence-electron chi connectivity index (χ1n) is 10.1. The zero-order valence-corrected chi connectivity index (χ0v) is 19.4. The number of pyridine rings is 2. The Morgan fingerprint density at radius 3 is 2.84 bits per heavy atom. The summed E-state index contributed by atoms with van der Waals surface area (Å²) in [5, 5.41) is 0. The molecule has 1 aliphatic heterocycles. The Morgan fingerprint density at radius 1 is 1.16 bits per heavy atom. The number of fused-ring (bicyclic) bond motifs is 2. The molecule has 0 aliphatic carbocycles. The van der Waals surface area contributed by atoms with Crippen molar-refractivity contribution in [2.75, 3.05) is 13.7 Å². The average molecular weight is 528 g/mol. The van der Waals surface area contributed by atoms with Crippen LogP contribution in [-0.2, 0) is 13.0 Å². The largest absolute Gasteiger partial charge is 0.493 e. The number of halogens is 1. The summed E-state index contributed by atoms with van der Waals surface area (Å²) in [5.41, 5.74) is 4.78. The van der Waals surface area contributed by atoms with Crippen LogP contribution in [0.1, 0.15) is 29.8 Å². The Bertz CT molecular complexity index is 1220. The SMILES string of the molecule is CCc1ccc(C2COc3cc(Cn4cnc5cc(I)cnc54)cc(OC)c3O2)cn1. The molecule has 0 saturated carbocycles. The zero-order chi connectivity index (χ0) is 21.4. The van der Waals surface area contributed by atoms with Gasteiger partial charge in [0.2, 0.25) is 5.75 Å². The minimum absolute atomic E-state index is 0.227. The van der Waals surface area contributed by atoms with Gasteiger partial charge in [0.25, 0.3) is 0 Å². The van der Waals surface area contributed by atoms with Gasteiger partial charge >= 0.3 is 0 Å². The van der Waals surface area contributed by atoms with Crippen LogP contribution in [0.25, 0.3) is 11.2 Å². The Labute approximate surface area is 193 Å². The maximum atomic E-state index is 6.26. The van der Waals surface area contributed by atoms with Gasteiger partial charge in [0.1, 0.15) is 12.1 Å². The van der Waals surface area contributed by atoms with Gasteiger partial charge in [0.05, 0.1) is 20.0 Å². The average Bonchev–Trinajstić information content (AvgIpc) is 3.19. The van der Waals surface area contributed by atoms with E-state index in [0.717, 1.165) is 38.0 Å². The third kappa shape index (κ3) is 3.91. The monoisotopic (exact) mass is 528 g/mol. The second kappa shape index (κ2) is 8.33. The lowest BCUT2D eigenvalue weighted by Crippen LogP contribution is -2.22. The molecule has 31 heavy (non-hydrogen) atoms. The molecular formula is C23H21IN4O3. The minimum Gasteiger partial charge on any atom is -0.493 e. The molecule has 0 saturated heterocycles. The van der Waals surface area contributed by atoms with E-state index in [1.54, 1.807) is 13.4 Å². The van der Waals surface area contributed by atoms with Gasteiger partial charge < -0.3 is 18.8 Å². The van der Waals surface area contributed by atoms with E-state index >= 15 is 0 Å². The molecule has 7 nitrogen and oxygen atoms in total. The van der Waals surface area contributed by atoms with Crippen LogP contribution in [0.5, 0.6) is 17.2 Å². The van der Waals surface area contributed by atoms with Gasteiger partial charge in [0.15, 0.2) is 23.3 Å². The lowest BCUT2D eigenvalue weighted by molar-refractivity contribution is 0.0867. The molecule has 1 aromatic carbocycles. The highest BCUT2D eigenvalue weighted by Crippen LogP contribution is 2.44. The summed E-state index contributed by atoms with van der Waals surface area (Å²) in [6.45, 7) is 3.11. The molecule has 5 rings (SSSR count). The number of ether oxygens (including phenoxy) is 3. The van der Waals surface area contributed by atoms with Crippen LogP contribution in [0.2, 0.25) is 0 Å². The predicted molar refractivity (Wildman–Crippen MR) is 125 cm³/mol. The van der Waals surface area contributed by atoms with Crippen molar-refractivity contribution in [1.29, 1.82) is 0 Å². The first-order chi connectivity index (χ1) is 15.1. The van der Waals surface area contributed by atoms with Crippen molar-refractivity contribution >= 4 is 33.8 Å². The fourth-order valence-electron chi connectivity index (χ4n) is 3.68. The molecule has 0 fully saturated rings. The van der Waals surface area contributed by atoms with Gasteiger partial charge in [-0.2, -0.15) is 0 Å². The number of imidazole rings is 1. The van der Waals surface area contributed by atoms with Crippen molar-refractivity contribution in [1.82, 2.24) is 19.5 Å². The Morgan fingerprint density at radius 2 is 2.06 bits per heavy atom. The lowest BCUT2D eigenvalue weighted by atomic mass is 10.1. The summed E-state index contributed by atoms with van der Waals surface area (Å²) in [7, 11) is 1.64. The number of benzene rings is 1. The van der Waals surface area contributed by atoms with Gasteiger partial charge in [-0.15, -0.1) is 0 Å². The highest BCUT2D eigenvalue weighted by Gasteiger charge is 2.27. The van der Waals surface area contributed by atoms with Crippen LogP contribution in [-0.4, -0.2) is 33.2 Å². The van der Waals surface area contributed by atoms with Gasteiger partial charge in [-0.05, 0) is 58.8 Å². The number of methoxy groups -OCH3 is 1. The fourth-order valence-corrected chi connectivity index (χ4v) is 4.11. The van der Waals surface area contributed by atoms with Crippen molar-refractivity contribution in [3.8, 4) is 17.2 Å². The summed E-state index contributed by atoms with van der Waals surface area (Å²) >= 11 is 2.24. The molecule has 1 unspecified atom stereocenters. The summed E-state index contributed by atoms with van der Waals surface area (Å²) in [5.74, 6) is 1.93. The van der Waals surface area contributed by atoms with E-state index in [4.69, 9.17) is 14.2 Å². The summed E-state index contributed by atoms with van der Waals surface area (Å²) in [6, 6.07) is 10.1. The van der Waals surface area contributed by atoms with Crippen molar-refractivity contribution in [3.05, 3.63) is 69.4 Å². The Hall–Kier alpha value is -2.88. The van der Waals surface area contributed by atoms with Gasteiger partial charge in [-0.25, -0.2) is 9.97 Å². The van der Waals surface area contributed by atoms with E-state index in [0.29, 0.717) is 30.4 Å². The Balaban J connectivity index is 1.42. The smallest absolute Gasteiger partial charge is 0.204 e. The molecular weight excluding hydrogens is 507 g/mol. The van der Waals surface area contributed by atoms with Crippen LogP contribution in [0.4, 0.5) is 0 Å². The van der Waals surface area contributed by atoms with E-state index < -0.39 is 0 Å². The first-order valence-corrected chi connectivity index (χ1v) is 11.1. The molecule has 8 heteroatoms. The van der Waals surface area contributed by atoms with E-state index in [1.807, 2.05) is 47.3 Å². The molecule has 4 heterocycles.